The lowest BCUT2D eigenvalue weighted by atomic mass is 10.2. The first kappa shape index (κ1) is 18.3. The Labute approximate surface area is 163 Å². The average molecular weight is 400 g/mol. The second kappa shape index (κ2) is 8.25. The lowest BCUT2D eigenvalue weighted by molar-refractivity contribution is -0.384. The molecule has 0 atom stereocenters. The molecule has 0 aliphatic heterocycles. The monoisotopic (exact) mass is 400 g/mol. The van der Waals surface area contributed by atoms with Crippen LogP contribution in [0.2, 0.25) is 0 Å². The smallest absolute Gasteiger partial charge is 0.265 e. The number of hydrogen-bond acceptors (Lipinski definition) is 7. The molecule has 3 N–H and O–H groups in total. The maximum absolute atomic E-state index is 10.6. The first-order valence-electron chi connectivity index (χ1n) is 7.47. The van der Waals surface area contributed by atoms with Gasteiger partial charge in [0.05, 0.1) is 11.1 Å². The van der Waals surface area contributed by atoms with Gasteiger partial charge in [0, 0.05) is 30.1 Å². The summed E-state index contributed by atoms with van der Waals surface area (Å²) in [6, 6.07) is 9.51. The summed E-state index contributed by atoms with van der Waals surface area (Å²) in [6.45, 7) is 0. The molecule has 12 heteroatoms. The van der Waals surface area contributed by atoms with Crippen molar-refractivity contribution in [3.8, 4) is 11.4 Å². The highest BCUT2D eigenvalue weighted by atomic mass is 32.1. The Hall–Kier alpha value is -3.51. The predicted molar refractivity (Wildman–Crippen MR) is 106 cm³/mol. The molecule has 0 saturated carbocycles. The molecule has 0 amide bonds. The lowest BCUT2D eigenvalue weighted by Crippen LogP contribution is -2.31. The Balaban J connectivity index is 1.66. The third-order valence-electron chi connectivity index (χ3n) is 3.31. The highest BCUT2D eigenvalue weighted by molar-refractivity contribution is 7.80. The molecule has 0 unspecified atom stereocenters. The van der Waals surface area contributed by atoms with Crippen molar-refractivity contribution in [2.24, 2.45) is 5.10 Å². The van der Waals surface area contributed by atoms with E-state index < -0.39 is 4.92 Å². The largest absolute Gasteiger partial charge is 0.269 e. The van der Waals surface area contributed by atoms with E-state index in [1.165, 1.54) is 23.0 Å². The van der Waals surface area contributed by atoms with E-state index in [0.717, 1.165) is 5.56 Å². The van der Waals surface area contributed by atoms with Crippen LogP contribution < -0.4 is 10.9 Å². The number of non-ortho nitro benzene ring substituents is 1. The molecule has 10 nitrogen and oxygen atoms in total. The number of rotatable bonds is 5. The van der Waals surface area contributed by atoms with Gasteiger partial charge in [-0.25, -0.2) is 9.77 Å². The van der Waals surface area contributed by atoms with Gasteiger partial charge < -0.3 is 0 Å². The molecule has 0 fully saturated rings. The molecule has 0 radical (unpaired) electrons. The van der Waals surface area contributed by atoms with E-state index in [9.17, 15) is 10.1 Å². The predicted octanol–water partition coefficient (Wildman–Crippen LogP) is 2.36. The number of nitro benzene ring substituents is 1. The van der Waals surface area contributed by atoms with Crippen LogP contribution in [0.25, 0.3) is 11.4 Å². The van der Waals surface area contributed by atoms with E-state index in [-0.39, 0.29) is 10.8 Å². The molecule has 27 heavy (non-hydrogen) atoms. The van der Waals surface area contributed by atoms with Gasteiger partial charge in [-0.15, -0.1) is 0 Å². The maximum atomic E-state index is 10.6. The minimum atomic E-state index is -0.465. The summed E-state index contributed by atoms with van der Waals surface area (Å²) >= 11 is 10.4. The summed E-state index contributed by atoms with van der Waals surface area (Å²) in [7, 11) is 0. The van der Waals surface area contributed by atoms with Crippen molar-refractivity contribution >= 4 is 41.5 Å². The average Bonchev–Trinajstić information content (AvgIpc) is 3.03. The van der Waals surface area contributed by atoms with Gasteiger partial charge in [0.25, 0.3) is 5.69 Å². The molecular formula is C15H12N8O2S2. The van der Waals surface area contributed by atoms with Crippen LogP contribution in [0.1, 0.15) is 5.56 Å². The number of nitrogens with one attached hydrogen (secondary N) is 3. The molecule has 1 aromatic carbocycles. The summed E-state index contributed by atoms with van der Waals surface area (Å²) < 4.78 is 1.83. The Kier molecular flexibility index (Phi) is 5.58. The fraction of sp³-hybridized carbons (Fsp3) is 0. The molecule has 2 heterocycles. The van der Waals surface area contributed by atoms with Crippen molar-refractivity contribution in [1.82, 2.24) is 25.3 Å². The van der Waals surface area contributed by atoms with Crippen LogP contribution in [0.3, 0.4) is 0 Å². The van der Waals surface area contributed by atoms with Crippen LogP contribution in [-0.4, -0.2) is 36.1 Å². The van der Waals surface area contributed by atoms with E-state index in [1.807, 2.05) is 0 Å². The number of aromatic amines is 1. The lowest BCUT2D eigenvalue weighted by Gasteiger charge is -2.10. The number of nitrogens with zero attached hydrogens (tertiary/aromatic N) is 5. The Morgan fingerprint density at radius 1 is 1.26 bits per heavy atom. The topological polar surface area (TPSA) is 126 Å². The second-order valence-corrected chi connectivity index (χ2v) is 5.88. The quantitative estimate of drug-likeness (QED) is 0.258. The number of H-pyrrole nitrogens is 1. The molecule has 0 saturated heterocycles. The SMILES string of the molecule is O=[N+]([O-])c1ccc(/C=N/NC(=S)Nn2c(-c3ccncc3)n[nH]c2=S)cc1. The van der Waals surface area contributed by atoms with Crippen molar-refractivity contribution in [1.29, 1.82) is 0 Å². The van der Waals surface area contributed by atoms with Crippen LogP contribution >= 0.6 is 24.4 Å². The van der Waals surface area contributed by atoms with Crippen LogP contribution in [0, 0.1) is 14.9 Å². The zero-order chi connectivity index (χ0) is 19.2. The van der Waals surface area contributed by atoms with Crippen molar-refractivity contribution in [3.05, 3.63) is 69.2 Å². The highest BCUT2D eigenvalue weighted by Crippen LogP contribution is 2.14. The van der Waals surface area contributed by atoms with Gasteiger partial charge in [-0.1, -0.05) is 0 Å². The molecule has 0 aliphatic rings. The fourth-order valence-corrected chi connectivity index (χ4v) is 2.39. The van der Waals surface area contributed by atoms with Gasteiger partial charge in [0.1, 0.15) is 0 Å². The van der Waals surface area contributed by atoms with E-state index in [1.54, 1.807) is 36.7 Å². The van der Waals surface area contributed by atoms with Crippen LogP contribution in [0.4, 0.5) is 5.69 Å². The first-order chi connectivity index (χ1) is 13.0. The minimum Gasteiger partial charge on any atom is -0.265 e. The van der Waals surface area contributed by atoms with Crippen molar-refractivity contribution in [3.63, 3.8) is 0 Å². The third-order valence-corrected chi connectivity index (χ3v) is 3.76. The molecular weight excluding hydrogens is 388 g/mol. The van der Waals surface area contributed by atoms with E-state index in [2.05, 4.69) is 31.1 Å². The molecule has 2 aromatic heterocycles. The minimum absolute atomic E-state index is 0.00951. The highest BCUT2D eigenvalue weighted by Gasteiger charge is 2.09. The van der Waals surface area contributed by atoms with Gasteiger partial charge in [0.15, 0.2) is 5.82 Å². The van der Waals surface area contributed by atoms with Crippen molar-refractivity contribution in [2.45, 2.75) is 0 Å². The standard InChI is InChI=1S/C15H12N8O2S2/c24-23(25)12-3-1-10(2-4-12)9-17-19-14(26)21-22-13(18-20-15(22)27)11-5-7-16-8-6-11/h1-9H,(H,20,27)(H2,19,21,26)/b17-9+. The molecule has 3 rings (SSSR count). The number of hydrazone groups is 1. The number of benzene rings is 1. The molecule has 0 aliphatic carbocycles. The van der Waals surface area contributed by atoms with Crippen molar-refractivity contribution in [2.75, 3.05) is 5.43 Å². The number of thiocarbonyl (C=S) groups is 1. The summed E-state index contributed by atoms with van der Waals surface area (Å²) in [5, 5.41) is 21.7. The Bertz CT molecular complexity index is 1040. The van der Waals surface area contributed by atoms with E-state index in [4.69, 9.17) is 24.4 Å². The third kappa shape index (κ3) is 4.56. The van der Waals surface area contributed by atoms with E-state index >= 15 is 0 Å². The number of aromatic nitrogens is 4. The zero-order valence-electron chi connectivity index (χ0n) is 13.6. The van der Waals surface area contributed by atoms with Gasteiger partial charge in [0.2, 0.25) is 9.88 Å². The number of nitro groups is 1. The van der Waals surface area contributed by atoms with Crippen LogP contribution in [0.15, 0.2) is 53.9 Å². The van der Waals surface area contributed by atoms with Gasteiger partial charge >= 0.3 is 0 Å². The van der Waals surface area contributed by atoms with E-state index in [0.29, 0.717) is 16.2 Å². The molecule has 136 valence electrons. The zero-order valence-corrected chi connectivity index (χ0v) is 15.2. The maximum Gasteiger partial charge on any atom is 0.269 e. The van der Waals surface area contributed by atoms with Crippen LogP contribution in [0.5, 0.6) is 0 Å². The van der Waals surface area contributed by atoms with Crippen molar-refractivity contribution < 1.29 is 4.92 Å². The molecule has 0 bridgehead atoms. The van der Waals surface area contributed by atoms with Gasteiger partial charge in [-0.3, -0.25) is 25.9 Å². The van der Waals surface area contributed by atoms with Gasteiger partial charge in [-0.2, -0.15) is 10.2 Å². The first-order valence-corrected chi connectivity index (χ1v) is 8.28. The normalized spacial score (nSPS) is 10.7. The second-order valence-electron chi connectivity index (χ2n) is 5.08. The Morgan fingerprint density at radius 2 is 1.96 bits per heavy atom. The number of hydrogen-bond donors (Lipinski definition) is 3. The fourth-order valence-electron chi connectivity index (χ4n) is 2.07. The summed E-state index contributed by atoms with van der Waals surface area (Å²) in [5.41, 5.74) is 7.01. The summed E-state index contributed by atoms with van der Waals surface area (Å²) in [4.78, 5) is 14.1. The number of pyridine rings is 1. The van der Waals surface area contributed by atoms with Crippen LogP contribution in [-0.2, 0) is 0 Å². The summed E-state index contributed by atoms with van der Waals surface area (Å²) in [6.07, 6.45) is 4.76. The molecule has 0 spiro atoms. The molecule has 3 aromatic rings. The van der Waals surface area contributed by atoms with Gasteiger partial charge in [-0.05, 0) is 54.3 Å². The Morgan fingerprint density at radius 3 is 2.63 bits per heavy atom. The summed E-state index contributed by atoms with van der Waals surface area (Å²) in [5.74, 6) is 0.533.